The van der Waals surface area contributed by atoms with Crippen molar-refractivity contribution in [2.45, 2.75) is 19.5 Å². The number of rotatable bonds is 5. The van der Waals surface area contributed by atoms with Gasteiger partial charge >= 0.3 is 0 Å². The minimum absolute atomic E-state index is 0.0182. The lowest BCUT2D eigenvalue weighted by Gasteiger charge is -2.26. The molecule has 1 saturated heterocycles. The largest absolute Gasteiger partial charge is 0.507 e. The number of hydrogen-bond acceptors (Lipinski definition) is 5. The van der Waals surface area contributed by atoms with E-state index >= 15 is 0 Å². The number of carbonyl (C=O) groups is 2. The van der Waals surface area contributed by atoms with Crippen LogP contribution in [-0.2, 0) is 16.1 Å². The number of pyridine rings is 1. The van der Waals surface area contributed by atoms with E-state index < -0.39 is 17.7 Å². The van der Waals surface area contributed by atoms with Crippen molar-refractivity contribution >= 4 is 29.1 Å². The third-order valence-electron chi connectivity index (χ3n) is 5.51. The number of aliphatic hydroxyl groups is 1. The number of carbonyl (C=O) groups excluding carboxylic acids is 2. The van der Waals surface area contributed by atoms with Gasteiger partial charge in [-0.1, -0.05) is 41.9 Å². The number of halogens is 1. The van der Waals surface area contributed by atoms with E-state index in [-0.39, 0.29) is 17.9 Å². The van der Waals surface area contributed by atoms with Gasteiger partial charge in [-0.2, -0.15) is 0 Å². The number of ketones is 1. The molecule has 0 bridgehead atoms. The summed E-state index contributed by atoms with van der Waals surface area (Å²) in [6.45, 7) is 2.03. The monoisotopic (exact) mass is 448 g/mol. The van der Waals surface area contributed by atoms with Gasteiger partial charge in [0, 0.05) is 11.8 Å². The molecular weight excluding hydrogens is 428 g/mol. The second-order valence-electron chi connectivity index (χ2n) is 7.45. The van der Waals surface area contributed by atoms with Crippen LogP contribution in [0.4, 0.5) is 0 Å². The zero-order chi connectivity index (χ0) is 22.8. The lowest BCUT2D eigenvalue weighted by Crippen LogP contribution is -2.29. The number of amides is 1. The first kappa shape index (κ1) is 21.6. The smallest absolute Gasteiger partial charge is 0.296 e. The van der Waals surface area contributed by atoms with Crippen molar-refractivity contribution in [1.82, 2.24) is 9.88 Å². The highest BCUT2D eigenvalue weighted by Gasteiger charge is 2.46. The predicted molar refractivity (Wildman–Crippen MR) is 121 cm³/mol. The maximum absolute atomic E-state index is 13.2. The van der Waals surface area contributed by atoms with Gasteiger partial charge in [0.1, 0.15) is 11.5 Å². The van der Waals surface area contributed by atoms with Crippen molar-refractivity contribution in [2.24, 2.45) is 0 Å². The Balaban J connectivity index is 1.90. The number of likely N-dealkylation sites (tertiary alicyclic amines) is 1. The fourth-order valence-electron chi connectivity index (χ4n) is 3.89. The third kappa shape index (κ3) is 3.85. The molecule has 0 radical (unpaired) electrons. The van der Waals surface area contributed by atoms with Gasteiger partial charge in [-0.05, 0) is 48.4 Å². The van der Waals surface area contributed by atoms with Crippen LogP contribution in [-0.4, -0.2) is 33.8 Å². The number of ether oxygens (including phenoxy) is 1. The van der Waals surface area contributed by atoms with E-state index in [1.807, 2.05) is 37.3 Å². The Bertz CT molecular complexity index is 1220. The molecule has 0 aliphatic carbocycles. The fourth-order valence-corrected chi connectivity index (χ4v) is 4.08. The number of methoxy groups -OCH3 is 1. The average molecular weight is 449 g/mol. The molecule has 7 heteroatoms. The molecule has 1 unspecified atom stereocenters. The second-order valence-corrected chi connectivity index (χ2v) is 7.86. The number of hydrogen-bond donors (Lipinski definition) is 1. The molecule has 4 rings (SSSR count). The van der Waals surface area contributed by atoms with Crippen molar-refractivity contribution in [3.8, 4) is 5.75 Å². The molecule has 2 heterocycles. The number of benzene rings is 2. The van der Waals surface area contributed by atoms with Crippen LogP contribution >= 0.6 is 11.6 Å². The molecule has 1 aromatic heterocycles. The molecule has 0 spiro atoms. The van der Waals surface area contributed by atoms with Crippen LogP contribution in [0.25, 0.3) is 5.76 Å². The van der Waals surface area contributed by atoms with Crippen molar-refractivity contribution in [2.75, 3.05) is 7.11 Å². The molecule has 1 atom stereocenters. The maximum Gasteiger partial charge on any atom is 0.296 e. The van der Waals surface area contributed by atoms with Gasteiger partial charge < -0.3 is 14.7 Å². The molecule has 0 saturated carbocycles. The van der Waals surface area contributed by atoms with Gasteiger partial charge in [-0.25, -0.2) is 0 Å². The molecule has 6 nitrogen and oxygen atoms in total. The van der Waals surface area contributed by atoms with Gasteiger partial charge in [-0.3, -0.25) is 14.6 Å². The summed E-state index contributed by atoms with van der Waals surface area (Å²) in [6.07, 6.45) is 1.63. The normalized spacial score (nSPS) is 17.6. The van der Waals surface area contributed by atoms with E-state index in [1.54, 1.807) is 36.5 Å². The quantitative estimate of drug-likeness (QED) is 0.348. The Morgan fingerprint density at radius 3 is 2.56 bits per heavy atom. The first-order valence-corrected chi connectivity index (χ1v) is 10.4. The molecule has 1 aliphatic heterocycles. The standard InChI is InChI=1S/C25H21ClN2O4/c1-15-7-3-4-9-18(15)22-21(23(29)16-10-11-19(26)20(13-16)32-2)24(30)25(31)28(22)14-17-8-5-6-12-27-17/h3-13,22,29H,14H2,1-2H3/b23-21+. The summed E-state index contributed by atoms with van der Waals surface area (Å²) in [5.74, 6) is -1.37. The third-order valence-corrected chi connectivity index (χ3v) is 5.82. The van der Waals surface area contributed by atoms with Crippen LogP contribution in [0, 0.1) is 6.92 Å². The molecule has 32 heavy (non-hydrogen) atoms. The zero-order valence-corrected chi connectivity index (χ0v) is 18.3. The first-order valence-electron chi connectivity index (χ1n) is 10.00. The van der Waals surface area contributed by atoms with Crippen molar-refractivity contribution < 1.29 is 19.4 Å². The van der Waals surface area contributed by atoms with Crippen LogP contribution < -0.4 is 4.74 Å². The Hall–Kier alpha value is -3.64. The van der Waals surface area contributed by atoms with Crippen molar-refractivity contribution in [3.05, 3.63) is 99.8 Å². The number of aryl methyl sites for hydroxylation is 1. The summed E-state index contributed by atoms with van der Waals surface area (Å²) < 4.78 is 5.24. The van der Waals surface area contributed by atoms with Gasteiger partial charge in [-0.15, -0.1) is 0 Å². The Labute approximate surface area is 190 Å². The number of nitrogens with zero attached hydrogens (tertiary/aromatic N) is 2. The van der Waals surface area contributed by atoms with E-state index in [9.17, 15) is 14.7 Å². The summed E-state index contributed by atoms with van der Waals surface area (Å²) >= 11 is 6.11. The summed E-state index contributed by atoms with van der Waals surface area (Å²) in [4.78, 5) is 32.0. The molecular formula is C25H21ClN2O4. The maximum atomic E-state index is 13.2. The topological polar surface area (TPSA) is 79.7 Å². The van der Waals surface area contributed by atoms with Gasteiger partial charge in [0.25, 0.3) is 11.7 Å². The number of aromatic nitrogens is 1. The SMILES string of the molecule is COc1cc(/C(O)=C2\C(=O)C(=O)N(Cc3ccccn3)C2c2ccccc2C)ccc1Cl. The molecule has 3 aromatic rings. The van der Waals surface area contributed by atoms with Crippen LogP contribution in [0.1, 0.15) is 28.4 Å². The summed E-state index contributed by atoms with van der Waals surface area (Å²) in [6, 6.07) is 16.8. The van der Waals surface area contributed by atoms with E-state index in [2.05, 4.69) is 4.98 Å². The Kier molecular flexibility index (Phi) is 5.97. The molecule has 1 amide bonds. The van der Waals surface area contributed by atoms with Gasteiger partial charge in [0.15, 0.2) is 0 Å². The summed E-state index contributed by atoms with van der Waals surface area (Å²) in [5.41, 5.74) is 2.64. The lowest BCUT2D eigenvalue weighted by atomic mass is 9.92. The summed E-state index contributed by atoms with van der Waals surface area (Å²) in [7, 11) is 1.46. The lowest BCUT2D eigenvalue weighted by molar-refractivity contribution is -0.140. The van der Waals surface area contributed by atoms with E-state index in [0.29, 0.717) is 22.0 Å². The molecule has 2 aromatic carbocycles. The van der Waals surface area contributed by atoms with Gasteiger partial charge in [0.2, 0.25) is 0 Å². The molecule has 1 fully saturated rings. The minimum atomic E-state index is -0.764. The molecule has 1 N–H and O–H groups in total. The van der Waals surface area contributed by atoms with Crippen LogP contribution in [0.5, 0.6) is 5.75 Å². The Morgan fingerprint density at radius 2 is 1.88 bits per heavy atom. The highest BCUT2D eigenvalue weighted by Crippen LogP contribution is 2.41. The van der Waals surface area contributed by atoms with Crippen LogP contribution in [0.15, 0.2) is 72.4 Å². The van der Waals surface area contributed by atoms with Crippen molar-refractivity contribution in [3.63, 3.8) is 0 Å². The second kappa shape index (κ2) is 8.85. The van der Waals surface area contributed by atoms with E-state index in [0.717, 1.165) is 11.1 Å². The highest BCUT2D eigenvalue weighted by atomic mass is 35.5. The van der Waals surface area contributed by atoms with Crippen molar-refractivity contribution in [1.29, 1.82) is 0 Å². The predicted octanol–water partition coefficient (Wildman–Crippen LogP) is 4.67. The highest BCUT2D eigenvalue weighted by molar-refractivity contribution is 6.46. The number of aliphatic hydroxyl groups excluding tert-OH is 1. The minimum Gasteiger partial charge on any atom is -0.507 e. The Morgan fingerprint density at radius 1 is 1.12 bits per heavy atom. The molecule has 162 valence electrons. The number of Topliss-reactive ketones (excluding diaryl/α,β-unsaturated/α-hetero) is 1. The first-order chi connectivity index (χ1) is 15.4. The zero-order valence-electron chi connectivity index (χ0n) is 17.6. The van der Waals surface area contributed by atoms with Crippen LogP contribution in [0.3, 0.4) is 0 Å². The molecule has 1 aliphatic rings. The van der Waals surface area contributed by atoms with E-state index in [1.165, 1.54) is 12.0 Å². The summed E-state index contributed by atoms with van der Waals surface area (Å²) in [5, 5.41) is 11.6. The van der Waals surface area contributed by atoms with Gasteiger partial charge in [0.05, 0.1) is 36.0 Å². The van der Waals surface area contributed by atoms with E-state index in [4.69, 9.17) is 16.3 Å². The average Bonchev–Trinajstić information content (AvgIpc) is 3.05. The fraction of sp³-hybridized carbons (Fsp3) is 0.160. The van der Waals surface area contributed by atoms with Crippen LogP contribution in [0.2, 0.25) is 5.02 Å².